The molecule has 8 nitrogen and oxygen atoms in total. The van der Waals surface area contributed by atoms with Crippen LogP contribution in [0.1, 0.15) is 33.6 Å². The fourth-order valence-electron chi connectivity index (χ4n) is 2.28. The third kappa shape index (κ3) is 4.08. The Balaban J connectivity index is 2.64. The number of imide groups is 1. The molecule has 1 rings (SSSR count). The molecule has 1 fully saturated rings. The van der Waals surface area contributed by atoms with Crippen molar-refractivity contribution in [2.75, 3.05) is 13.1 Å². The first kappa shape index (κ1) is 18.7. The highest BCUT2D eigenvalue weighted by Crippen LogP contribution is 2.24. The topological polar surface area (TPSA) is 105 Å². The van der Waals surface area contributed by atoms with E-state index < -0.39 is 42.0 Å². The molecule has 1 aliphatic heterocycles. The van der Waals surface area contributed by atoms with Crippen molar-refractivity contribution in [2.45, 2.75) is 45.3 Å². The Bertz CT molecular complexity index is 513. The molecule has 0 aromatic carbocycles. The number of ether oxygens (including phenoxy) is 1. The van der Waals surface area contributed by atoms with Gasteiger partial charge in [-0.1, -0.05) is 19.9 Å². The normalized spacial score (nSPS) is 17.4. The Morgan fingerprint density at radius 1 is 1.39 bits per heavy atom. The lowest BCUT2D eigenvalue weighted by Crippen LogP contribution is -2.46. The SMILES string of the molecule is C=CCNC(=O)[C@H](C)OC(=O)CN1C(=O)NC(CC)(CC)C1=O. The van der Waals surface area contributed by atoms with Gasteiger partial charge in [-0.15, -0.1) is 6.58 Å². The van der Waals surface area contributed by atoms with E-state index in [0.717, 1.165) is 4.90 Å². The van der Waals surface area contributed by atoms with Gasteiger partial charge >= 0.3 is 12.0 Å². The quantitative estimate of drug-likeness (QED) is 0.380. The average molecular weight is 325 g/mol. The van der Waals surface area contributed by atoms with Crippen LogP contribution in [0.5, 0.6) is 0 Å². The van der Waals surface area contributed by atoms with E-state index in [1.165, 1.54) is 13.0 Å². The number of hydrogen-bond donors (Lipinski definition) is 2. The zero-order valence-corrected chi connectivity index (χ0v) is 13.7. The summed E-state index contributed by atoms with van der Waals surface area (Å²) in [6, 6.07) is -0.626. The first-order chi connectivity index (χ1) is 10.8. The van der Waals surface area contributed by atoms with Crippen molar-refractivity contribution in [2.24, 2.45) is 0 Å². The molecule has 8 heteroatoms. The smallest absolute Gasteiger partial charge is 0.327 e. The molecule has 0 unspecified atom stereocenters. The number of esters is 1. The number of carbonyl (C=O) groups is 4. The molecular formula is C15H23N3O5. The molecule has 0 aromatic rings. The lowest BCUT2D eigenvalue weighted by atomic mass is 9.93. The standard InChI is InChI=1S/C15H23N3O5/c1-5-8-16-12(20)10(4)23-11(19)9-18-13(21)15(6-2,7-3)17-14(18)22/h5,10H,1,6-9H2,2-4H3,(H,16,20)(H,17,22)/t10-/m0/s1. The van der Waals surface area contributed by atoms with Crippen LogP contribution in [0.4, 0.5) is 4.79 Å². The van der Waals surface area contributed by atoms with Crippen molar-refractivity contribution < 1.29 is 23.9 Å². The maximum absolute atomic E-state index is 12.3. The summed E-state index contributed by atoms with van der Waals surface area (Å²) in [6.45, 7) is 8.17. The van der Waals surface area contributed by atoms with Crippen molar-refractivity contribution in [3.63, 3.8) is 0 Å². The van der Waals surface area contributed by atoms with Crippen molar-refractivity contribution >= 4 is 23.8 Å². The van der Waals surface area contributed by atoms with Crippen LogP contribution in [0.25, 0.3) is 0 Å². The molecule has 1 saturated heterocycles. The molecular weight excluding hydrogens is 302 g/mol. The van der Waals surface area contributed by atoms with Crippen molar-refractivity contribution in [3.8, 4) is 0 Å². The number of rotatable bonds is 8. The molecule has 1 atom stereocenters. The van der Waals surface area contributed by atoms with E-state index in [2.05, 4.69) is 17.2 Å². The Morgan fingerprint density at radius 3 is 2.48 bits per heavy atom. The summed E-state index contributed by atoms with van der Waals surface area (Å²) >= 11 is 0. The van der Waals surface area contributed by atoms with Gasteiger partial charge in [0.15, 0.2) is 6.10 Å². The lowest BCUT2D eigenvalue weighted by Gasteiger charge is -2.23. The summed E-state index contributed by atoms with van der Waals surface area (Å²) in [5, 5.41) is 5.10. The lowest BCUT2D eigenvalue weighted by molar-refractivity contribution is -0.156. The van der Waals surface area contributed by atoms with Crippen LogP contribution in [0.15, 0.2) is 12.7 Å². The second-order valence-corrected chi connectivity index (χ2v) is 5.28. The van der Waals surface area contributed by atoms with E-state index in [-0.39, 0.29) is 6.54 Å². The zero-order chi connectivity index (χ0) is 17.6. The van der Waals surface area contributed by atoms with E-state index in [1.54, 1.807) is 13.8 Å². The fourth-order valence-corrected chi connectivity index (χ4v) is 2.28. The Labute approximate surface area is 135 Å². The minimum Gasteiger partial charge on any atom is -0.451 e. The molecule has 128 valence electrons. The minimum atomic E-state index is -1.02. The fraction of sp³-hybridized carbons (Fsp3) is 0.600. The Morgan fingerprint density at radius 2 is 2.00 bits per heavy atom. The maximum Gasteiger partial charge on any atom is 0.327 e. The van der Waals surface area contributed by atoms with E-state index in [9.17, 15) is 19.2 Å². The predicted octanol–water partition coefficient (Wildman–Crippen LogP) is 0.331. The molecule has 0 bridgehead atoms. The van der Waals surface area contributed by atoms with Gasteiger partial charge in [0.2, 0.25) is 0 Å². The molecule has 23 heavy (non-hydrogen) atoms. The van der Waals surface area contributed by atoms with Crippen molar-refractivity contribution in [3.05, 3.63) is 12.7 Å². The average Bonchev–Trinajstić information content (AvgIpc) is 2.77. The van der Waals surface area contributed by atoms with Crippen molar-refractivity contribution in [1.29, 1.82) is 0 Å². The molecule has 0 aromatic heterocycles. The number of carbonyl (C=O) groups excluding carboxylic acids is 4. The van der Waals surface area contributed by atoms with Gasteiger partial charge in [-0.3, -0.25) is 19.3 Å². The van der Waals surface area contributed by atoms with Gasteiger partial charge in [-0.25, -0.2) is 4.79 Å². The van der Waals surface area contributed by atoms with Gasteiger partial charge in [-0.05, 0) is 19.8 Å². The second-order valence-electron chi connectivity index (χ2n) is 5.28. The minimum absolute atomic E-state index is 0.253. The van der Waals surface area contributed by atoms with Crippen molar-refractivity contribution in [1.82, 2.24) is 15.5 Å². The second kappa shape index (κ2) is 7.75. The molecule has 0 aliphatic carbocycles. The van der Waals surface area contributed by atoms with Crippen LogP contribution in [-0.4, -0.2) is 53.4 Å². The van der Waals surface area contributed by atoms with Gasteiger partial charge in [0.1, 0.15) is 12.1 Å². The van der Waals surface area contributed by atoms with E-state index >= 15 is 0 Å². The van der Waals surface area contributed by atoms with Crippen LogP contribution < -0.4 is 10.6 Å². The van der Waals surface area contributed by atoms with E-state index in [0.29, 0.717) is 12.8 Å². The van der Waals surface area contributed by atoms with Gasteiger partial charge in [0.25, 0.3) is 11.8 Å². The number of amides is 4. The number of nitrogens with zero attached hydrogens (tertiary/aromatic N) is 1. The third-order valence-electron chi connectivity index (χ3n) is 3.84. The van der Waals surface area contributed by atoms with E-state index in [4.69, 9.17) is 4.74 Å². The molecule has 0 radical (unpaired) electrons. The van der Waals surface area contributed by atoms with Gasteiger partial charge in [-0.2, -0.15) is 0 Å². The Hall–Kier alpha value is -2.38. The maximum atomic E-state index is 12.3. The number of urea groups is 1. The molecule has 0 spiro atoms. The van der Waals surface area contributed by atoms with Crippen LogP contribution in [-0.2, 0) is 19.1 Å². The predicted molar refractivity (Wildman–Crippen MR) is 82.3 cm³/mol. The highest BCUT2D eigenvalue weighted by atomic mass is 16.5. The Kier molecular flexibility index (Phi) is 6.29. The summed E-state index contributed by atoms with van der Waals surface area (Å²) < 4.78 is 4.94. The molecule has 1 aliphatic rings. The van der Waals surface area contributed by atoms with E-state index in [1.807, 2.05) is 0 Å². The molecule has 1 heterocycles. The zero-order valence-electron chi connectivity index (χ0n) is 13.7. The first-order valence-corrected chi connectivity index (χ1v) is 7.53. The summed E-state index contributed by atoms with van der Waals surface area (Å²) in [4.78, 5) is 48.5. The summed E-state index contributed by atoms with van der Waals surface area (Å²) in [6.07, 6.45) is 1.33. The van der Waals surface area contributed by atoms with Gasteiger partial charge in [0, 0.05) is 6.54 Å². The van der Waals surface area contributed by atoms with Gasteiger partial charge in [0.05, 0.1) is 0 Å². The monoisotopic (exact) mass is 325 g/mol. The summed E-state index contributed by atoms with van der Waals surface area (Å²) in [5.41, 5.74) is -0.968. The highest BCUT2D eigenvalue weighted by molar-refractivity contribution is 6.08. The van der Waals surface area contributed by atoms with Crippen LogP contribution in [0, 0.1) is 0 Å². The molecule has 0 saturated carbocycles. The largest absolute Gasteiger partial charge is 0.451 e. The summed E-state index contributed by atoms with van der Waals surface area (Å²) in [5.74, 6) is -1.75. The van der Waals surface area contributed by atoms with Gasteiger partial charge < -0.3 is 15.4 Å². The number of nitrogens with one attached hydrogen (secondary N) is 2. The van der Waals surface area contributed by atoms with Crippen LogP contribution in [0.3, 0.4) is 0 Å². The van der Waals surface area contributed by atoms with Crippen LogP contribution >= 0.6 is 0 Å². The molecule has 4 amide bonds. The summed E-state index contributed by atoms with van der Waals surface area (Å²) in [7, 11) is 0. The molecule has 2 N–H and O–H groups in total. The first-order valence-electron chi connectivity index (χ1n) is 7.53. The highest BCUT2D eigenvalue weighted by Gasteiger charge is 2.49. The van der Waals surface area contributed by atoms with Crippen LogP contribution in [0.2, 0.25) is 0 Å². The number of hydrogen-bond acceptors (Lipinski definition) is 5. The third-order valence-corrected chi connectivity index (χ3v) is 3.84.